The van der Waals surface area contributed by atoms with Gasteiger partial charge in [0.25, 0.3) is 0 Å². The average Bonchev–Trinajstić information content (AvgIpc) is 2.40. The van der Waals surface area contributed by atoms with Gasteiger partial charge in [-0.3, -0.25) is 0 Å². The Morgan fingerprint density at radius 3 is 2.47 bits per heavy atom. The fraction of sp³-hybridized carbons (Fsp3) is 0.286. The van der Waals surface area contributed by atoms with Crippen LogP contribution in [0.2, 0.25) is 0 Å². The third-order valence-corrected chi connectivity index (χ3v) is 3.05. The molecule has 5 heteroatoms. The molecule has 1 aromatic carbocycles. The summed E-state index contributed by atoms with van der Waals surface area (Å²) in [5.74, 6) is 2.31. The monoisotopic (exact) mass is 321 g/mol. The number of anilines is 1. The van der Waals surface area contributed by atoms with E-state index in [0.717, 1.165) is 21.6 Å². The molecule has 100 valence electrons. The van der Waals surface area contributed by atoms with E-state index in [9.17, 15) is 0 Å². The number of halogens is 1. The number of aromatic nitrogens is 2. The summed E-state index contributed by atoms with van der Waals surface area (Å²) in [6, 6.07) is 7.78. The van der Waals surface area contributed by atoms with Crippen molar-refractivity contribution < 1.29 is 4.74 Å². The lowest BCUT2D eigenvalue weighted by Crippen LogP contribution is -2.05. The first kappa shape index (κ1) is 13.8. The molecule has 4 nitrogen and oxygen atoms in total. The van der Waals surface area contributed by atoms with Crippen LogP contribution in [0.5, 0.6) is 5.75 Å². The van der Waals surface area contributed by atoms with Crippen molar-refractivity contribution >= 4 is 21.7 Å². The zero-order valence-electron chi connectivity index (χ0n) is 11.1. The van der Waals surface area contributed by atoms with E-state index in [1.54, 1.807) is 6.20 Å². The third-order valence-electron chi connectivity index (χ3n) is 2.47. The Morgan fingerprint density at radius 1 is 1.21 bits per heavy atom. The van der Waals surface area contributed by atoms with E-state index >= 15 is 0 Å². The molecule has 1 N–H and O–H groups in total. The zero-order valence-corrected chi connectivity index (χ0v) is 12.7. The van der Waals surface area contributed by atoms with E-state index in [1.165, 1.54) is 0 Å². The molecule has 0 atom stereocenters. The summed E-state index contributed by atoms with van der Waals surface area (Å²) in [5, 5.41) is 3.02. The van der Waals surface area contributed by atoms with Crippen molar-refractivity contribution in [2.45, 2.75) is 20.0 Å². The van der Waals surface area contributed by atoms with Crippen LogP contribution in [-0.2, 0) is 0 Å². The van der Waals surface area contributed by atoms with Crippen LogP contribution < -0.4 is 10.1 Å². The minimum Gasteiger partial charge on any atom is -0.491 e. The van der Waals surface area contributed by atoms with Crippen LogP contribution in [0, 0.1) is 0 Å². The topological polar surface area (TPSA) is 47.0 Å². The second-order valence-electron chi connectivity index (χ2n) is 4.33. The van der Waals surface area contributed by atoms with Gasteiger partial charge in [0, 0.05) is 18.8 Å². The molecule has 0 fully saturated rings. The van der Waals surface area contributed by atoms with Crippen molar-refractivity contribution in [3.8, 4) is 17.1 Å². The number of hydrogen-bond donors (Lipinski definition) is 1. The lowest BCUT2D eigenvalue weighted by atomic mass is 10.2. The minimum absolute atomic E-state index is 0.172. The van der Waals surface area contributed by atoms with Gasteiger partial charge in [-0.25, -0.2) is 9.97 Å². The second-order valence-corrected chi connectivity index (χ2v) is 5.19. The van der Waals surface area contributed by atoms with Gasteiger partial charge < -0.3 is 10.1 Å². The number of nitrogens with one attached hydrogen (secondary N) is 1. The van der Waals surface area contributed by atoms with Gasteiger partial charge in [0.2, 0.25) is 0 Å². The molecule has 0 saturated carbocycles. The SMILES string of the molecule is CNc1nc(-c2ccc(OC(C)C)cc2)ncc1Br. The summed E-state index contributed by atoms with van der Waals surface area (Å²) in [6.07, 6.45) is 1.91. The molecule has 0 amide bonds. The van der Waals surface area contributed by atoms with Crippen molar-refractivity contribution in [1.82, 2.24) is 9.97 Å². The van der Waals surface area contributed by atoms with Gasteiger partial charge in [-0.15, -0.1) is 0 Å². The Labute approximate surface area is 121 Å². The molecular weight excluding hydrogens is 306 g/mol. The Morgan fingerprint density at radius 2 is 1.89 bits per heavy atom. The number of hydrogen-bond acceptors (Lipinski definition) is 4. The molecule has 0 aliphatic rings. The molecule has 0 radical (unpaired) electrons. The predicted molar refractivity (Wildman–Crippen MR) is 80.5 cm³/mol. The molecule has 0 aliphatic carbocycles. The molecular formula is C14H16BrN3O. The molecule has 0 saturated heterocycles. The highest BCUT2D eigenvalue weighted by molar-refractivity contribution is 9.10. The predicted octanol–water partition coefficient (Wildman–Crippen LogP) is 3.74. The van der Waals surface area contributed by atoms with Crippen molar-refractivity contribution in [3.63, 3.8) is 0 Å². The van der Waals surface area contributed by atoms with Crippen LogP contribution in [0.15, 0.2) is 34.9 Å². The van der Waals surface area contributed by atoms with Crippen LogP contribution in [0.1, 0.15) is 13.8 Å². The molecule has 1 aromatic heterocycles. The van der Waals surface area contributed by atoms with Crippen molar-refractivity contribution in [2.75, 3.05) is 12.4 Å². The molecule has 2 aromatic rings. The smallest absolute Gasteiger partial charge is 0.161 e. The van der Waals surface area contributed by atoms with E-state index in [4.69, 9.17) is 4.74 Å². The molecule has 19 heavy (non-hydrogen) atoms. The quantitative estimate of drug-likeness (QED) is 0.932. The summed E-state index contributed by atoms with van der Waals surface area (Å²) < 4.78 is 6.45. The summed E-state index contributed by atoms with van der Waals surface area (Å²) in [6.45, 7) is 4.01. The van der Waals surface area contributed by atoms with Gasteiger partial charge in [-0.1, -0.05) is 0 Å². The zero-order chi connectivity index (χ0) is 13.8. The highest BCUT2D eigenvalue weighted by Crippen LogP contribution is 2.24. The number of ether oxygens (including phenoxy) is 1. The second kappa shape index (κ2) is 6.02. The van der Waals surface area contributed by atoms with Crippen LogP contribution >= 0.6 is 15.9 Å². The van der Waals surface area contributed by atoms with Crippen molar-refractivity contribution in [3.05, 3.63) is 34.9 Å². The van der Waals surface area contributed by atoms with Crippen molar-refractivity contribution in [2.24, 2.45) is 0 Å². The minimum atomic E-state index is 0.172. The maximum Gasteiger partial charge on any atom is 0.161 e. The first-order valence-electron chi connectivity index (χ1n) is 6.07. The van der Waals surface area contributed by atoms with Crippen LogP contribution in [-0.4, -0.2) is 23.1 Å². The fourth-order valence-corrected chi connectivity index (χ4v) is 2.03. The van der Waals surface area contributed by atoms with E-state index in [-0.39, 0.29) is 6.10 Å². The lowest BCUT2D eigenvalue weighted by molar-refractivity contribution is 0.242. The normalized spacial score (nSPS) is 10.6. The van der Waals surface area contributed by atoms with E-state index in [0.29, 0.717) is 5.82 Å². The van der Waals surface area contributed by atoms with Gasteiger partial charge in [0.15, 0.2) is 5.82 Å². The van der Waals surface area contributed by atoms with Gasteiger partial charge in [-0.05, 0) is 54.0 Å². The fourth-order valence-electron chi connectivity index (χ4n) is 1.64. The van der Waals surface area contributed by atoms with Gasteiger partial charge in [0.05, 0.1) is 10.6 Å². The van der Waals surface area contributed by atoms with Crippen LogP contribution in [0.4, 0.5) is 5.82 Å². The summed E-state index contributed by atoms with van der Waals surface area (Å²) >= 11 is 3.39. The highest BCUT2D eigenvalue weighted by Gasteiger charge is 2.06. The number of nitrogens with zero attached hydrogens (tertiary/aromatic N) is 2. The molecule has 0 bridgehead atoms. The molecule has 1 heterocycles. The number of rotatable bonds is 4. The Bertz CT molecular complexity index is 555. The molecule has 0 unspecified atom stereocenters. The summed E-state index contributed by atoms with van der Waals surface area (Å²) in [4.78, 5) is 8.75. The molecule has 0 aliphatic heterocycles. The third kappa shape index (κ3) is 3.44. The number of benzene rings is 1. The van der Waals surface area contributed by atoms with Crippen LogP contribution in [0.3, 0.4) is 0 Å². The van der Waals surface area contributed by atoms with Gasteiger partial charge in [-0.2, -0.15) is 0 Å². The maximum absolute atomic E-state index is 5.61. The summed E-state index contributed by atoms with van der Waals surface area (Å²) in [5.41, 5.74) is 0.958. The highest BCUT2D eigenvalue weighted by atomic mass is 79.9. The van der Waals surface area contributed by atoms with E-state index in [1.807, 2.05) is 45.2 Å². The molecule has 2 rings (SSSR count). The first-order valence-corrected chi connectivity index (χ1v) is 6.87. The van der Waals surface area contributed by atoms with Gasteiger partial charge in [0.1, 0.15) is 11.6 Å². The van der Waals surface area contributed by atoms with Crippen molar-refractivity contribution in [1.29, 1.82) is 0 Å². The largest absolute Gasteiger partial charge is 0.491 e. The van der Waals surface area contributed by atoms with Crippen LogP contribution in [0.25, 0.3) is 11.4 Å². The summed E-state index contributed by atoms with van der Waals surface area (Å²) in [7, 11) is 1.83. The standard InChI is InChI=1S/C14H16BrN3O/c1-9(2)19-11-6-4-10(5-7-11)13-17-8-12(15)14(16-3)18-13/h4-9H,1-3H3,(H,16,17,18). The maximum atomic E-state index is 5.61. The average molecular weight is 322 g/mol. The first-order chi connectivity index (χ1) is 9.10. The lowest BCUT2D eigenvalue weighted by Gasteiger charge is -2.10. The van der Waals surface area contributed by atoms with Gasteiger partial charge >= 0.3 is 0 Å². The Kier molecular flexibility index (Phi) is 4.37. The Balaban J connectivity index is 2.27. The Hall–Kier alpha value is -1.62. The van der Waals surface area contributed by atoms with E-state index < -0.39 is 0 Å². The molecule has 0 spiro atoms. The van der Waals surface area contributed by atoms with E-state index in [2.05, 4.69) is 31.2 Å².